The molecule has 0 aliphatic heterocycles. The van der Waals surface area contributed by atoms with Crippen molar-refractivity contribution < 1.29 is 4.74 Å². The lowest BCUT2D eigenvalue weighted by Crippen LogP contribution is -2.25. The lowest BCUT2D eigenvalue weighted by atomic mass is 9.88. The zero-order valence-electron chi connectivity index (χ0n) is 13.6. The highest BCUT2D eigenvalue weighted by molar-refractivity contribution is 5.33. The maximum Gasteiger partial charge on any atom is 0.122 e. The number of methoxy groups -OCH3 is 1. The summed E-state index contributed by atoms with van der Waals surface area (Å²) in [5, 5.41) is 3.51. The third-order valence-corrected chi connectivity index (χ3v) is 3.90. The summed E-state index contributed by atoms with van der Waals surface area (Å²) >= 11 is 0. The lowest BCUT2D eigenvalue weighted by Gasteiger charge is -2.22. The first kappa shape index (κ1) is 17.0. The summed E-state index contributed by atoms with van der Waals surface area (Å²) in [4.78, 5) is 0. The summed E-state index contributed by atoms with van der Waals surface area (Å²) in [6.07, 6.45) is 5.00. The maximum absolute atomic E-state index is 5.48. The van der Waals surface area contributed by atoms with Gasteiger partial charge in [-0.1, -0.05) is 51.8 Å². The standard InChI is InChI=1S/C18H31NO/c1-5-9-15(3)12-16(14-19-6-2)13-17-10-7-8-11-18(17)20-4/h7-8,10-11,15-16,19H,5-6,9,12-14H2,1-4H3. The van der Waals surface area contributed by atoms with E-state index in [1.165, 1.54) is 24.8 Å². The Kier molecular flexibility index (Phi) is 8.36. The van der Waals surface area contributed by atoms with Crippen molar-refractivity contribution in [3.63, 3.8) is 0 Å². The molecule has 0 heterocycles. The number of hydrogen-bond acceptors (Lipinski definition) is 2. The largest absolute Gasteiger partial charge is 0.496 e. The van der Waals surface area contributed by atoms with E-state index in [4.69, 9.17) is 4.74 Å². The molecule has 2 nitrogen and oxygen atoms in total. The normalized spacial score (nSPS) is 14.0. The van der Waals surface area contributed by atoms with Crippen molar-refractivity contribution in [2.24, 2.45) is 11.8 Å². The van der Waals surface area contributed by atoms with E-state index in [-0.39, 0.29) is 0 Å². The molecule has 0 aliphatic rings. The fourth-order valence-electron chi connectivity index (χ4n) is 2.95. The summed E-state index contributed by atoms with van der Waals surface area (Å²) in [6, 6.07) is 8.41. The second-order valence-corrected chi connectivity index (χ2v) is 5.82. The maximum atomic E-state index is 5.48. The number of hydrogen-bond donors (Lipinski definition) is 1. The van der Waals surface area contributed by atoms with Gasteiger partial charge in [0.1, 0.15) is 5.75 Å². The van der Waals surface area contributed by atoms with Gasteiger partial charge < -0.3 is 10.1 Å². The van der Waals surface area contributed by atoms with Gasteiger partial charge in [-0.2, -0.15) is 0 Å². The number of benzene rings is 1. The fraction of sp³-hybridized carbons (Fsp3) is 0.667. The van der Waals surface area contributed by atoms with E-state index in [0.29, 0.717) is 5.92 Å². The van der Waals surface area contributed by atoms with E-state index in [1.807, 2.05) is 6.07 Å². The summed E-state index contributed by atoms with van der Waals surface area (Å²) in [5.41, 5.74) is 1.33. The van der Waals surface area contributed by atoms with Gasteiger partial charge in [0.25, 0.3) is 0 Å². The smallest absolute Gasteiger partial charge is 0.122 e. The molecular formula is C18H31NO. The van der Waals surface area contributed by atoms with Crippen molar-refractivity contribution in [3.05, 3.63) is 29.8 Å². The van der Waals surface area contributed by atoms with Crippen LogP contribution in [0.5, 0.6) is 5.75 Å². The minimum atomic E-state index is 0.688. The Hall–Kier alpha value is -1.02. The van der Waals surface area contributed by atoms with Crippen LogP contribution in [0.4, 0.5) is 0 Å². The minimum absolute atomic E-state index is 0.688. The third kappa shape index (κ3) is 5.96. The molecular weight excluding hydrogens is 246 g/mol. The van der Waals surface area contributed by atoms with Crippen LogP contribution in [0.15, 0.2) is 24.3 Å². The van der Waals surface area contributed by atoms with Crippen molar-refractivity contribution in [1.29, 1.82) is 0 Å². The molecule has 0 aliphatic carbocycles. The summed E-state index contributed by atoms with van der Waals surface area (Å²) in [6.45, 7) is 8.98. The molecule has 0 radical (unpaired) electrons. The van der Waals surface area contributed by atoms with Gasteiger partial charge in [-0.3, -0.25) is 0 Å². The average molecular weight is 277 g/mol. The second-order valence-electron chi connectivity index (χ2n) is 5.82. The molecule has 1 aromatic rings. The van der Waals surface area contributed by atoms with Crippen LogP contribution in [0.2, 0.25) is 0 Å². The van der Waals surface area contributed by atoms with E-state index in [1.54, 1.807) is 7.11 Å². The second kappa shape index (κ2) is 9.82. The minimum Gasteiger partial charge on any atom is -0.496 e. The monoisotopic (exact) mass is 277 g/mol. The Morgan fingerprint density at radius 2 is 1.95 bits per heavy atom. The number of nitrogens with one attached hydrogen (secondary N) is 1. The van der Waals surface area contributed by atoms with E-state index in [2.05, 4.69) is 44.3 Å². The molecule has 1 rings (SSSR count). The molecule has 20 heavy (non-hydrogen) atoms. The van der Waals surface area contributed by atoms with Gasteiger partial charge in [-0.15, -0.1) is 0 Å². The van der Waals surface area contributed by atoms with Crippen LogP contribution in [-0.2, 0) is 6.42 Å². The Morgan fingerprint density at radius 3 is 2.60 bits per heavy atom. The molecule has 0 spiro atoms. The molecule has 114 valence electrons. The van der Waals surface area contributed by atoms with Gasteiger partial charge in [-0.05, 0) is 49.4 Å². The zero-order valence-corrected chi connectivity index (χ0v) is 13.6. The number of rotatable bonds is 10. The molecule has 0 saturated heterocycles. The van der Waals surface area contributed by atoms with Crippen molar-refractivity contribution in [2.45, 2.75) is 46.5 Å². The molecule has 2 atom stereocenters. The Labute approximate surface area is 124 Å². The summed E-state index contributed by atoms with van der Waals surface area (Å²) < 4.78 is 5.48. The SMILES string of the molecule is CCCC(C)CC(CNCC)Cc1ccccc1OC. The van der Waals surface area contributed by atoms with Gasteiger partial charge in [0.15, 0.2) is 0 Å². The van der Waals surface area contributed by atoms with Crippen molar-refractivity contribution >= 4 is 0 Å². The van der Waals surface area contributed by atoms with E-state index >= 15 is 0 Å². The molecule has 2 unspecified atom stereocenters. The van der Waals surface area contributed by atoms with Gasteiger partial charge in [0, 0.05) is 0 Å². The van der Waals surface area contributed by atoms with Crippen LogP contribution in [-0.4, -0.2) is 20.2 Å². The van der Waals surface area contributed by atoms with Gasteiger partial charge in [0.2, 0.25) is 0 Å². The van der Waals surface area contributed by atoms with Crippen LogP contribution < -0.4 is 10.1 Å². The van der Waals surface area contributed by atoms with Crippen LogP contribution in [0.1, 0.15) is 45.6 Å². The van der Waals surface area contributed by atoms with Crippen LogP contribution >= 0.6 is 0 Å². The molecule has 0 saturated carbocycles. The fourth-order valence-corrected chi connectivity index (χ4v) is 2.95. The molecule has 0 bridgehead atoms. The van der Waals surface area contributed by atoms with Crippen molar-refractivity contribution in [3.8, 4) is 5.75 Å². The Balaban J connectivity index is 2.67. The van der Waals surface area contributed by atoms with E-state index in [9.17, 15) is 0 Å². The lowest BCUT2D eigenvalue weighted by molar-refractivity contribution is 0.349. The number of para-hydroxylation sites is 1. The molecule has 1 aromatic carbocycles. The Bertz CT molecular complexity index is 364. The molecule has 0 amide bonds. The highest BCUT2D eigenvalue weighted by Crippen LogP contribution is 2.25. The van der Waals surface area contributed by atoms with Gasteiger partial charge >= 0.3 is 0 Å². The van der Waals surface area contributed by atoms with E-state index in [0.717, 1.165) is 31.2 Å². The Morgan fingerprint density at radius 1 is 1.20 bits per heavy atom. The summed E-state index contributed by atoms with van der Waals surface area (Å²) in [7, 11) is 1.76. The highest BCUT2D eigenvalue weighted by Gasteiger charge is 2.15. The molecule has 1 N–H and O–H groups in total. The van der Waals surface area contributed by atoms with Crippen molar-refractivity contribution in [1.82, 2.24) is 5.32 Å². The first-order valence-electron chi connectivity index (χ1n) is 8.03. The first-order valence-corrected chi connectivity index (χ1v) is 8.03. The summed E-state index contributed by atoms with van der Waals surface area (Å²) in [5.74, 6) is 2.52. The third-order valence-electron chi connectivity index (χ3n) is 3.90. The van der Waals surface area contributed by atoms with Gasteiger partial charge in [-0.25, -0.2) is 0 Å². The zero-order chi connectivity index (χ0) is 14.8. The van der Waals surface area contributed by atoms with E-state index < -0.39 is 0 Å². The van der Waals surface area contributed by atoms with Crippen LogP contribution in [0.3, 0.4) is 0 Å². The van der Waals surface area contributed by atoms with Crippen molar-refractivity contribution in [2.75, 3.05) is 20.2 Å². The van der Waals surface area contributed by atoms with Crippen LogP contribution in [0, 0.1) is 11.8 Å². The number of ether oxygens (including phenoxy) is 1. The predicted molar refractivity (Wildman–Crippen MR) is 87.4 cm³/mol. The average Bonchev–Trinajstić information content (AvgIpc) is 2.45. The first-order chi connectivity index (χ1) is 9.71. The molecule has 0 aromatic heterocycles. The van der Waals surface area contributed by atoms with Crippen LogP contribution in [0.25, 0.3) is 0 Å². The highest BCUT2D eigenvalue weighted by atomic mass is 16.5. The van der Waals surface area contributed by atoms with Gasteiger partial charge in [0.05, 0.1) is 7.11 Å². The topological polar surface area (TPSA) is 21.3 Å². The predicted octanol–water partition coefficient (Wildman–Crippen LogP) is 4.29. The molecule has 0 fully saturated rings. The molecule has 2 heteroatoms. The quantitative estimate of drug-likeness (QED) is 0.689.